The van der Waals surface area contributed by atoms with E-state index in [1.165, 1.54) is 0 Å². The minimum Gasteiger partial charge on any atom is -0.347 e. The van der Waals surface area contributed by atoms with Gasteiger partial charge < -0.3 is 5.32 Å². The third-order valence-electron chi connectivity index (χ3n) is 4.74. The number of hydrogen-bond acceptors (Lipinski definition) is 1. The Kier molecular flexibility index (Phi) is 5.52. The Labute approximate surface area is 155 Å². The highest BCUT2D eigenvalue weighted by Gasteiger charge is 2.25. The van der Waals surface area contributed by atoms with E-state index >= 15 is 0 Å². The van der Waals surface area contributed by atoms with E-state index in [1.54, 1.807) is 0 Å². The second kappa shape index (κ2) is 8.01. The van der Waals surface area contributed by atoms with Crippen LogP contribution in [0.1, 0.15) is 42.9 Å². The van der Waals surface area contributed by atoms with E-state index in [1.807, 2.05) is 80.6 Å². The minimum absolute atomic E-state index is 0.0453. The first-order valence-corrected chi connectivity index (χ1v) is 9.03. The van der Waals surface area contributed by atoms with E-state index in [9.17, 15) is 4.79 Å². The highest BCUT2D eigenvalue weighted by molar-refractivity contribution is 5.78. The molecule has 0 radical (unpaired) electrons. The Bertz CT molecular complexity index is 786. The van der Waals surface area contributed by atoms with Gasteiger partial charge in [0.25, 0.3) is 0 Å². The van der Waals surface area contributed by atoms with Gasteiger partial charge in [-0.1, -0.05) is 91.0 Å². The second-order valence-electron chi connectivity index (χ2n) is 7.12. The summed E-state index contributed by atoms with van der Waals surface area (Å²) in [5.74, 6) is 0.0977. The molecule has 3 aromatic carbocycles. The predicted octanol–water partition coefficient (Wildman–Crippen LogP) is 5.26. The molecule has 0 aliphatic carbocycles. The third kappa shape index (κ3) is 4.40. The van der Waals surface area contributed by atoms with Crippen LogP contribution < -0.4 is 5.32 Å². The maximum Gasteiger partial charge on any atom is 0.221 e. The third-order valence-corrected chi connectivity index (χ3v) is 4.74. The highest BCUT2D eigenvalue weighted by Crippen LogP contribution is 2.29. The van der Waals surface area contributed by atoms with Gasteiger partial charge in [0.05, 0.1) is 5.54 Å². The fourth-order valence-corrected chi connectivity index (χ4v) is 3.31. The predicted molar refractivity (Wildman–Crippen MR) is 107 cm³/mol. The van der Waals surface area contributed by atoms with Gasteiger partial charge in [-0.15, -0.1) is 0 Å². The van der Waals surface area contributed by atoms with Gasteiger partial charge in [0.1, 0.15) is 0 Å². The summed E-state index contributed by atoms with van der Waals surface area (Å²) in [5.41, 5.74) is 3.01. The summed E-state index contributed by atoms with van der Waals surface area (Å²) in [5, 5.41) is 3.20. The normalized spacial score (nSPS) is 11.3. The number of benzene rings is 3. The van der Waals surface area contributed by atoms with Crippen LogP contribution in [0.3, 0.4) is 0 Å². The van der Waals surface area contributed by atoms with Crippen molar-refractivity contribution in [1.82, 2.24) is 5.32 Å². The first-order valence-electron chi connectivity index (χ1n) is 9.03. The molecule has 0 aliphatic heterocycles. The lowest BCUT2D eigenvalue weighted by atomic mass is 9.87. The summed E-state index contributed by atoms with van der Waals surface area (Å²) in [6.45, 7) is 4.08. The molecule has 26 heavy (non-hydrogen) atoms. The summed E-state index contributed by atoms with van der Waals surface area (Å²) >= 11 is 0. The Balaban J connectivity index is 1.80. The summed E-state index contributed by atoms with van der Waals surface area (Å²) in [4.78, 5) is 12.9. The smallest absolute Gasteiger partial charge is 0.221 e. The zero-order valence-corrected chi connectivity index (χ0v) is 15.4. The van der Waals surface area contributed by atoms with Gasteiger partial charge in [-0.2, -0.15) is 0 Å². The number of carbonyl (C=O) groups excluding carboxylic acids is 1. The van der Waals surface area contributed by atoms with Crippen molar-refractivity contribution in [1.29, 1.82) is 0 Å². The van der Waals surface area contributed by atoms with E-state index in [0.717, 1.165) is 16.7 Å². The fraction of sp³-hybridized carbons (Fsp3) is 0.208. The lowest BCUT2D eigenvalue weighted by Crippen LogP contribution is -2.41. The molecule has 2 nitrogen and oxygen atoms in total. The standard InChI is InChI=1S/C24H25NO/c1-24(2,21-16-10-5-11-17-21)25-23(26)18-22(19-12-6-3-7-13-19)20-14-8-4-9-15-20/h3-17,22H,18H2,1-2H3,(H,25,26). The van der Waals surface area contributed by atoms with Crippen LogP contribution in [0.4, 0.5) is 0 Å². The van der Waals surface area contributed by atoms with Crippen LogP contribution in [0.5, 0.6) is 0 Å². The van der Waals surface area contributed by atoms with Gasteiger partial charge in [0.2, 0.25) is 5.91 Å². The molecular weight excluding hydrogens is 318 g/mol. The lowest BCUT2D eigenvalue weighted by molar-refractivity contribution is -0.123. The lowest BCUT2D eigenvalue weighted by Gasteiger charge is -2.28. The Hall–Kier alpha value is -2.87. The maximum absolute atomic E-state index is 12.9. The van der Waals surface area contributed by atoms with Crippen molar-refractivity contribution in [2.24, 2.45) is 0 Å². The van der Waals surface area contributed by atoms with Crippen LogP contribution in [0, 0.1) is 0 Å². The molecule has 1 N–H and O–H groups in total. The van der Waals surface area contributed by atoms with Crippen LogP contribution in [0.25, 0.3) is 0 Å². The van der Waals surface area contributed by atoms with Crippen molar-refractivity contribution in [2.75, 3.05) is 0 Å². The molecule has 0 atom stereocenters. The zero-order valence-electron chi connectivity index (χ0n) is 15.4. The molecule has 0 fully saturated rings. The van der Waals surface area contributed by atoms with Crippen molar-refractivity contribution >= 4 is 5.91 Å². The first kappa shape index (κ1) is 17.9. The minimum atomic E-state index is -0.406. The molecular formula is C24H25NO. The van der Waals surface area contributed by atoms with Gasteiger partial charge in [-0.05, 0) is 30.5 Å². The molecule has 0 bridgehead atoms. The maximum atomic E-state index is 12.9. The number of amides is 1. The molecule has 132 valence electrons. The largest absolute Gasteiger partial charge is 0.347 e. The van der Waals surface area contributed by atoms with Crippen molar-refractivity contribution < 1.29 is 4.79 Å². The summed E-state index contributed by atoms with van der Waals surface area (Å²) in [6, 6.07) is 30.6. The van der Waals surface area contributed by atoms with Gasteiger partial charge >= 0.3 is 0 Å². The molecule has 1 amide bonds. The molecule has 0 aromatic heterocycles. The molecule has 0 saturated heterocycles. The number of nitrogens with one attached hydrogen (secondary N) is 1. The quantitative estimate of drug-likeness (QED) is 0.650. The summed E-state index contributed by atoms with van der Waals surface area (Å²) in [6.07, 6.45) is 0.421. The van der Waals surface area contributed by atoms with Gasteiger partial charge in [0.15, 0.2) is 0 Å². The topological polar surface area (TPSA) is 29.1 Å². The van der Waals surface area contributed by atoms with Crippen LogP contribution in [0.15, 0.2) is 91.0 Å². The van der Waals surface area contributed by atoms with Crippen molar-refractivity contribution in [3.05, 3.63) is 108 Å². The molecule has 0 aliphatic rings. The van der Waals surface area contributed by atoms with Gasteiger partial charge in [-0.25, -0.2) is 0 Å². The second-order valence-corrected chi connectivity index (χ2v) is 7.12. The molecule has 0 spiro atoms. The van der Waals surface area contributed by atoms with Crippen LogP contribution >= 0.6 is 0 Å². The first-order chi connectivity index (χ1) is 12.6. The van der Waals surface area contributed by atoms with Crippen molar-refractivity contribution in [2.45, 2.75) is 31.7 Å². The molecule has 3 rings (SSSR count). The summed E-state index contributed by atoms with van der Waals surface area (Å²) in [7, 11) is 0. The summed E-state index contributed by atoms with van der Waals surface area (Å²) < 4.78 is 0. The van der Waals surface area contributed by atoms with E-state index in [4.69, 9.17) is 0 Å². The van der Waals surface area contributed by atoms with E-state index in [0.29, 0.717) is 6.42 Å². The zero-order chi connectivity index (χ0) is 18.4. The monoisotopic (exact) mass is 343 g/mol. The molecule has 2 heteroatoms. The van der Waals surface area contributed by atoms with Crippen LogP contribution in [0.2, 0.25) is 0 Å². The Morgan fingerprint density at radius 3 is 1.65 bits per heavy atom. The van der Waals surface area contributed by atoms with Crippen molar-refractivity contribution in [3.63, 3.8) is 0 Å². The molecule has 0 heterocycles. The molecule has 3 aromatic rings. The van der Waals surface area contributed by atoms with Crippen LogP contribution in [-0.2, 0) is 10.3 Å². The Morgan fingerprint density at radius 2 is 1.19 bits per heavy atom. The van der Waals surface area contributed by atoms with E-state index < -0.39 is 5.54 Å². The number of hydrogen-bond donors (Lipinski definition) is 1. The van der Waals surface area contributed by atoms with E-state index in [-0.39, 0.29) is 11.8 Å². The van der Waals surface area contributed by atoms with Gasteiger partial charge in [-0.3, -0.25) is 4.79 Å². The Morgan fingerprint density at radius 1 is 0.769 bits per heavy atom. The van der Waals surface area contributed by atoms with Crippen LogP contribution in [-0.4, -0.2) is 5.91 Å². The highest BCUT2D eigenvalue weighted by atomic mass is 16.1. The SMILES string of the molecule is CC(C)(NC(=O)CC(c1ccccc1)c1ccccc1)c1ccccc1. The number of rotatable bonds is 6. The van der Waals surface area contributed by atoms with Crippen molar-refractivity contribution in [3.8, 4) is 0 Å². The van der Waals surface area contributed by atoms with Gasteiger partial charge in [0, 0.05) is 12.3 Å². The molecule has 0 unspecified atom stereocenters. The average Bonchev–Trinajstić information content (AvgIpc) is 2.68. The van der Waals surface area contributed by atoms with E-state index in [2.05, 4.69) is 29.6 Å². The number of carbonyl (C=O) groups is 1. The molecule has 0 saturated carbocycles. The fourth-order valence-electron chi connectivity index (χ4n) is 3.31. The average molecular weight is 343 g/mol.